The Hall–Kier alpha value is -3.62. The van der Waals surface area contributed by atoms with E-state index in [0.29, 0.717) is 22.9 Å². The Balaban J connectivity index is 1.65. The van der Waals surface area contributed by atoms with Crippen LogP contribution in [0.5, 0.6) is 17.2 Å². The molecule has 0 saturated carbocycles. The van der Waals surface area contributed by atoms with Gasteiger partial charge in [0.05, 0.1) is 33.1 Å². The van der Waals surface area contributed by atoms with Gasteiger partial charge >= 0.3 is 0 Å². The van der Waals surface area contributed by atoms with Gasteiger partial charge in [-0.3, -0.25) is 4.79 Å². The van der Waals surface area contributed by atoms with Gasteiger partial charge < -0.3 is 23.9 Å². The van der Waals surface area contributed by atoms with Gasteiger partial charge in [0.2, 0.25) is 11.7 Å². The Bertz CT molecular complexity index is 1030. The zero-order valence-corrected chi connectivity index (χ0v) is 16.6. The van der Waals surface area contributed by atoms with Crippen molar-refractivity contribution in [2.75, 3.05) is 26.6 Å². The van der Waals surface area contributed by atoms with Gasteiger partial charge in [0.25, 0.3) is 0 Å². The van der Waals surface area contributed by atoms with Crippen molar-refractivity contribution in [1.82, 2.24) is 4.98 Å². The zero-order valence-electron chi connectivity index (χ0n) is 16.6. The average Bonchev–Trinajstić information content (AvgIpc) is 3.20. The van der Waals surface area contributed by atoms with Crippen molar-refractivity contribution in [3.8, 4) is 28.6 Å². The van der Waals surface area contributed by atoms with Gasteiger partial charge in [-0.25, -0.2) is 13.8 Å². The van der Waals surface area contributed by atoms with Gasteiger partial charge in [-0.2, -0.15) is 0 Å². The molecule has 1 heterocycles. The lowest BCUT2D eigenvalue weighted by Crippen LogP contribution is -2.12. The molecular weight excluding hydrogens is 398 g/mol. The van der Waals surface area contributed by atoms with Crippen LogP contribution in [-0.4, -0.2) is 32.2 Å². The molecule has 0 radical (unpaired) electrons. The van der Waals surface area contributed by atoms with Crippen LogP contribution >= 0.6 is 0 Å². The van der Waals surface area contributed by atoms with Gasteiger partial charge in [0.15, 0.2) is 23.1 Å². The number of carbonyl (C=O) groups is 1. The van der Waals surface area contributed by atoms with Crippen LogP contribution in [0.3, 0.4) is 0 Å². The first-order chi connectivity index (χ1) is 14.4. The van der Waals surface area contributed by atoms with Gasteiger partial charge in [-0.15, -0.1) is 0 Å². The molecule has 0 aliphatic heterocycles. The van der Waals surface area contributed by atoms with Crippen LogP contribution in [-0.2, 0) is 11.2 Å². The number of carbonyl (C=O) groups excluding carboxylic acids is 1. The highest BCUT2D eigenvalue weighted by atomic mass is 19.1. The molecule has 0 saturated heterocycles. The van der Waals surface area contributed by atoms with E-state index in [0.717, 1.165) is 12.1 Å². The number of aryl methyl sites for hydroxylation is 1. The fourth-order valence-corrected chi connectivity index (χ4v) is 2.84. The number of halogens is 2. The van der Waals surface area contributed by atoms with Crippen molar-refractivity contribution >= 4 is 11.6 Å². The van der Waals surface area contributed by atoms with Gasteiger partial charge in [0, 0.05) is 36.7 Å². The van der Waals surface area contributed by atoms with Crippen molar-refractivity contribution < 1.29 is 32.2 Å². The van der Waals surface area contributed by atoms with Crippen molar-refractivity contribution in [3.05, 3.63) is 54.1 Å². The molecule has 3 rings (SSSR count). The monoisotopic (exact) mass is 418 g/mol. The fourth-order valence-electron chi connectivity index (χ4n) is 2.84. The molecule has 0 unspecified atom stereocenters. The Kier molecular flexibility index (Phi) is 6.51. The molecule has 1 aromatic heterocycles. The molecule has 7 nitrogen and oxygen atoms in total. The molecule has 0 spiro atoms. The highest BCUT2D eigenvalue weighted by Crippen LogP contribution is 2.40. The summed E-state index contributed by atoms with van der Waals surface area (Å²) in [5.41, 5.74) is 0.563. The third-order valence-corrected chi connectivity index (χ3v) is 4.26. The predicted molar refractivity (Wildman–Crippen MR) is 105 cm³/mol. The number of aromatic nitrogens is 1. The molecule has 2 aromatic carbocycles. The van der Waals surface area contributed by atoms with E-state index in [-0.39, 0.29) is 36.0 Å². The van der Waals surface area contributed by atoms with Gasteiger partial charge in [-0.1, -0.05) is 0 Å². The first-order valence-corrected chi connectivity index (χ1v) is 8.95. The smallest absolute Gasteiger partial charge is 0.224 e. The van der Waals surface area contributed by atoms with E-state index in [1.165, 1.54) is 33.6 Å². The summed E-state index contributed by atoms with van der Waals surface area (Å²) in [6, 6.07) is 6.39. The van der Waals surface area contributed by atoms with Crippen molar-refractivity contribution in [2.24, 2.45) is 0 Å². The summed E-state index contributed by atoms with van der Waals surface area (Å²) in [4.78, 5) is 16.4. The van der Waals surface area contributed by atoms with E-state index in [9.17, 15) is 13.6 Å². The lowest BCUT2D eigenvalue weighted by Gasteiger charge is -2.14. The third-order valence-electron chi connectivity index (χ3n) is 4.26. The van der Waals surface area contributed by atoms with E-state index >= 15 is 0 Å². The predicted octanol–water partition coefficient (Wildman–Crippen LogP) is 4.22. The van der Waals surface area contributed by atoms with E-state index < -0.39 is 11.6 Å². The zero-order chi connectivity index (χ0) is 21.7. The summed E-state index contributed by atoms with van der Waals surface area (Å²) in [5, 5.41) is 2.74. The van der Waals surface area contributed by atoms with Crippen LogP contribution in [0.4, 0.5) is 14.5 Å². The first kappa shape index (κ1) is 21.1. The van der Waals surface area contributed by atoms with Crippen LogP contribution in [0.25, 0.3) is 11.3 Å². The fraction of sp³-hybridized carbons (Fsp3) is 0.238. The van der Waals surface area contributed by atoms with E-state index in [1.807, 2.05) is 0 Å². The number of hydrogen-bond acceptors (Lipinski definition) is 6. The molecular formula is C21H20F2N2O5. The maximum atomic E-state index is 13.9. The molecule has 0 bridgehead atoms. The van der Waals surface area contributed by atoms with Gasteiger partial charge in [-0.05, 0) is 12.1 Å². The van der Waals surface area contributed by atoms with Crippen LogP contribution in [0.15, 0.2) is 40.9 Å². The second-order valence-electron chi connectivity index (χ2n) is 6.20. The highest BCUT2D eigenvalue weighted by molar-refractivity contribution is 5.91. The molecule has 30 heavy (non-hydrogen) atoms. The number of benzene rings is 2. The number of amides is 1. The number of methoxy groups -OCH3 is 3. The molecule has 1 N–H and O–H groups in total. The molecule has 0 fully saturated rings. The number of nitrogens with zero attached hydrogens (tertiary/aromatic N) is 1. The number of ether oxygens (including phenoxy) is 3. The van der Waals surface area contributed by atoms with Crippen LogP contribution in [0, 0.1) is 11.6 Å². The highest BCUT2D eigenvalue weighted by Gasteiger charge is 2.16. The number of oxazole rings is 1. The van der Waals surface area contributed by atoms with E-state index in [2.05, 4.69) is 10.3 Å². The third kappa shape index (κ3) is 4.68. The quantitative estimate of drug-likeness (QED) is 0.590. The molecule has 0 aliphatic carbocycles. The number of nitrogens with one attached hydrogen (secondary N) is 1. The summed E-state index contributed by atoms with van der Waals surface area (Å²) in [6.45, 7) is 0. The summed E-state index contributed by atoms with van der Waals surface area (Å²) in [6.07, 6.45) is 1.60. The minimum absolute atomic E-state index is 0.0719. The number of rotatable bonds is 8. The first-order valence-electron chi connectivity index (χ1n) is 8.95. The minimum atomic E-state index is -0.752. The lowest BCUT2D eigenvalue weighted by atomic mass is 10.2. The SMILES string of the molecule is COc1cc(NC(=O)CCc2ncc(-c3ccc(F)cc3F)o2)cc(OC)c1OC. The molecule has 0 aliphatic rings. The van der Waals surface area contributed by atoms with Crippen LogP contribution in [0.2, 0.25) is 0 Å². The van der Waals surface area contributed by atoms with Gasteiger partial charge in [0.1, 0.15) is 11.6 Å². The van der Waals surface area contributed by atoms with Crippen molar-refractivity contribution in [1.29, 1.82) is 0 Å². The summed E-state index contributed by atoms with van der Waals surface area (Å²) in [5.74, 6) is -0.0782. The minimum Gasteiger partial charge on any atom is -0.493 e. The number of anilines is 1. The van der Waals surface area contributed by atoms with Crippen LogP contribution < -0.4 is 19.5 Å². The molecule has 3 aromatic rings. The van der Waals surface area contributed by atoms with E-state index in [4.69, 9.17) is 18.6 Å². The number of hydrogen-bond donors (Lipinski definition) is 1. The van der Waals surface area contributed by atoms with Crippen LogP contribution in [0.1, 0.15) is 12.3 Å². The average molecular weight is 418 g/mol. The van der Waals surface area contributed by atoms with E-state index in [1.54, 1.807) is 12.1 Å². The molecule has 158 valence electrons. The maximum absolute atomic E-state index is 13.9. The second-order valence-corrected chi connectivity index (χ2v) is 6.20. The largest absolute Gasteiger partial charge is 0.493 e. The summed E-state index contributed by atoms with van der Waals surface area (Å²) < 4.78 is 48.1. The Labute approximate surface area is 171 Å². The Morgan fingerprint density at radius 2 is 1.77 bits per heavy atom. The molecule has 0 atom stereocenters. The Morgan fingerprint density at radius 1 is 1.07 bits per heavy atom. The molecule has 9 heteroatoms. The molecule has 1 amide bonds. The second kappa shape index (κ2) is 9.25. The standard InChI is InChI=1S/C21H20F2N2O5/c1-27-16-9-13(10-17(28-2)21(16)29-3)25-19(26)6-7-20-24-11-18(30-20)14-5-4-12(22)8-15(14)23/h4-5,8-11H,6-7H2,1-3H3,(H,25,26). The maximum Gasteiger partial charge on any atom is 0.224 e. The lowest BCUT2D eigenvalue weighted by molar-refractivity contribution is -0.116. The Morgan fingerprint density at radius 3 is 2.37 bits per heavy atom. The van der Waals surface area contributed by atoms with Crippen molar-refractivity contribution in [2.45, 2.75) is 12.8 Å². The van der Waals surface area contributed by atoms with Crippen molar-refractivity contribution in [3.63, 3.8) is 0 Å². The topological polar surface area (TPSA) is 82.8 Å². The summed E-state index contributed by atoms with van der Waals surface area (Å²) in [7, 11) is 4.45. The normalized spacial score (nSPS) is 10.6. The summed E-state index contributed by atoms with van der Waals surface area (Å²) >= 11 is 0.